The monoisotopic (exact) mass is 318 g/mol. The Morgan fingerprint density at radius 1 is 1.00 bits per heavy atom. The Kier molecular flexibility index (Phi) is 3.35. The highest BCUT2D eigenvalue weighted by atomic mass is 79.9. The van der Waals surface area contributed by atoms with Gasteiger partial charge in [-0.15, -0.1) is 11.3 Å². The van der Waals surface area contributed by atoms with Crippen LogP contribution in [0, 0.1) is 0 Å². The standard InChI is InChI=1S/C15H11BrOS/c16-12-5-3-6-13(9-12)17-10-14-8-11-4-1-2-7-15(11)18-14/h1-9H,10H2. The number of benzene rings is 2. The zero-order valence-electron chi connectivity index (χ0n) is 9.60. The zero-order valence-corrected chi connectivity index (χ0v) is 12.0. The molecular formula is C15H11BrOS. The van der Waals surface area contributed by atoms with Crippen LogP contribution in [0.4, 0.5) is 0 Å². The van der Waals surface area contributed by atoms with Crippen molar-refractivity contribution in [3.63, 3.8) is 0 Å². The highest BCUT2D eigenvalue weighted by Gasteiger charge is 2.02. The summed E-state index contributed by atoms with van der Waals surface area (Å²) in [6.07, 6.45) is 0. The van der Waals surface area contributed by atoms with Crippen molar-refractivity contribution < 1.29 is 4.74 Å². The lowest BCUT2D eigenvalue weighted by Gasteiger charge is -2.04. The van der Waals surface area contributed by atoms with E-state index in [2.05, 4.69) is 46.3 Å². The molecule has 3 aromatic rings. The molecule has 3 heteroatoms. The summed E-state index contributed by atoms with van der Waals surface area (Å²) < 4.78 is 8.13. The fourth-order valence-corrected chi connectivity index (χ4v) is 3.18. The topological polar surface area (TPSA) is 9.23 Å². The van der Waals surface area contributed by atoms with E-state index in [1.54, 1.807) is 11.3 Å². The Morgan fingerprint density at radius 3 is 2.72 bits per heavy atom. The normalized spacial score (nSPS) is 10.7. The highest BCUT2D eigenvalue weighted by Crippen LogP contribution is 2.26. The molecule has 0 saturated carbocycles. The predicted octanol–water partition coefficient (Wildman–Crippen LogP) is 5.24. The first kappa shape index (κ1) is 11.8. The van der Waals surface area contributed by atoms with Gasteiger partial charge < -0.3 is 4.74 Å². The summed E-state index contributed by atoms with van der Waals surface area (Å²) in [4.78, 5) is 1.25. The highest BCUT2D eigenvalue weighted by molar-refractivity contribution is 9.10. The van der Waals surface area contributed by atoms with E-state index < -0.39 is 0 Å². The molecule has 0 saturated heterocycles. The van der Waals surface area contributed by atoms with Gasteiger partial charge in [0.25, 0.3) is 0 Å². The van der Waals surface area contributed by atoms with Gasteiger partial charge >= 0.3 is 0 Å². The second-order valence-electron chi connectivity index (χ2n) is 4.00. The summed E-state index contributed by atoms with van der Waals surface area (Å²) in [7, 11) is 0. The number of hydrogen-bond acceptors (Lipinski definition) is 2. The maximum absolute atomic E-state index is 5.78. The van der Waals surface area contributed by atoms with Crippen molar-refractivity contribution in [3.8, 4) is 5.75 Å². The lowest BCUT2D eigenvalue weighted by atomic mass is 10.2. The molecule has 0 aliphatic carbocycles. The molecule has 0 aliphatic rings. The van der Waals surface area contributed by atoms with Crippen LogP contribution < -0.4 is 4.74 Å². The first-order valence-electron chi connectivity index (χ1n) is 5.67. The average molecular weight is 319 g/mol. The van der Waals surface area contributed by atoms with Crippen LogP contribution >= 0.6 is 27.3 Å². The van der Waals surface area contributed by atoms with Crippen LogP contribution in [0.2, 0.25) is 0 Å². The number of thiophene rings is 1. The van der Waals surface area contributed by atoms with Crippen LogP contribution in [0.5, 0.6) is 5.75 Å². The quantitative estimate of drug-likeness (QED) is 0.641. The lowest BCUT2D eigenvalue weighted by molar-refractivity contribution is 0.309. The Balaban J connectivity index is 1.76. The maximum Gasteiger partial charge on any atom is 0.122 e. The second-order valence-corrected chi connectivity index (χ2v) is 6.08. The minimum atomic E-state index is 0.621. The minimum Gasteiger partial charge on any atom is -0.488 e. The van der Waals surface area contributed by atoms with E-state index in [1.807, 2.05) is 24.3 Å². The first-order chi connectivity index (χ1) is 8.81. The summed E-state index contributed by atoms with van der Waals surface area (Å²) in [5, 5.41) is 1.29. The molecule has 0 amide bonds. The van der Waals surface area contributed by atoms with Crippen molar-refractivity contribution in [3.05, 3.63) is 63.9 Å². The Hall–Kier alpha value is -1.32. The van der Waals surface area contributed by atoms with Gasteiger partial charge in [0.05, 0.1) is 0 Å². The molecule has 1 aromatic heterocycles. The summed E-state index contributed by atoms with van der Waals surface area (Å²) in [6.45, 7) is 0.621. The molecule has 0 bridgehead atoms. The number of halogens is 1. The number of ether oxygens (including phenoxy) is 1. The molecule has 0 unspecified atom stereocenters. The maximum atomic E-state index is 5.78. The van der Waals surface area contributed by atoms with Crippen LogP contribution in [-0.4, -0.2) is 0 Å². The first-order valence-corrected chi connectivity index (χ1v) is 7.28. The molecule has 2 aromatic carbocycles. The van der Waals surface area contributed by atoms with Gasteiger partial charge in [-0.25, -0.2) is 0 Å². The largest absolute Gasteiger partial charge is 0.488 e. The van der Waals surface area contributed by atoms with Crippen molar-refractivity contribution in [2.75, 3.05) is 0 Å². The molecule has 0 fully saturated rings. The van der Waals surface area contributed by atoms with E-state index in [0.29, 0.717) is 6.61 Å². The summed E-state index contributed by atoms with van der Waals surface area (Å²) >= 11 is 5.22. The van der Waals surface area contributed by atoms with Crippen LogP contribution in [-0.2, 0) is 6.61 Å². The second kappa shape index (κ2) is 5.12. The van der Waals surface area contributed by atoms with E-state index in [9.17, 15) is 0 Å². The van der Waals surface area contributed by atoms with Crippen LogP contribution in [0.15, 0.2) is 59.1 Å². The third-order valence-corrected chi connectivity index (χ3v) is 4.24. The van der Waals surface area contributed by atoms with Gasteiger partial charge in [0.2, 0.25) is 0 Å². The lowest BCUT2D eigenvalue weighted by Crippen LogP contribution is -1.92. The summed E-state index contributed by atoms with van der Waals surface area (Å²) in [6, 6.07) is 18.5. The minimum absolute atomic E-state index is 0.621. The van der Waals surface area contributed by atoms with E-state index in [-0.39, 0.29) is 0 Å². The Bertz CT molecular complexity index is 642. The molecule has 18 heavy (non-hydrogen) atoms. The van der Waals surface area contributed by atoms with Crippen LogP contribution in [0.1, 0.15) is 4.88 Å². The number of rotatable bonds is 3. The Morgan fingerprint density at radius 2 is 1.89 bits per heavy atom. The molecule has 1 nitrogen and oxygen atoms in total. The zero-order chi connectivity index (χ0) is 12.4. The molecule has 0 aliphatic heterocycles. The van der Waals surface area contributed by atoms with Crippen LogP contribution in [0.3, 0.4) is 0 Å². The third-order valence-electron chi connectivity index (χ3n) is 2.65. The van der Waals surface area contributed by atoms with Gasteiger partial charge in [-0.1, -0.05) is 40.2 Å². The fraction of sp³-hybridized carbons (Fsp3) is 0.0667. The van der Waals surface area contributed by atoms with Gasteiger partial charge in [-0.05, 0) is 35.7 Å². The van der Waals surface area contributed by atoms with Gasteiger partial charge in [-0.3, -0.25) is 0 Å². The van der Waals surface area contributed by atoms with Crippen molar-refractivity contribution in [1.82, 2.24) is 0 Å². The van der Waals surface area contributed by atoms with Crippen molar-refractivity contribution in [2.45, 2.75) is 6.61 Å². The van der Waals surface area contributed by atoms with Gasteiger partial charge in [0.15, 0.2) is 0 Å². The van der Waals surface area contributed by atoms with Crippen molar-refractivity contribution in [2.24, 2.45) is 0 Å². The molecule has 0 radical (unpaired) electrons. The smallest absolute Gasteiger partial charge is 0.122 e. The van der Waals surface area contributed by atoms with Gasteiger partial charge in [0.1, 0.15) is 12.4 Å². The van der Waals surface area contributed by atoms with Gasteiger partial charge in [0, 0.05) is 14.0 Å². The van der Waals surface area contributed by atoms with E-state index >= 15 is 0 Å². The summed E-state index contributed by atoms with van der Waals surface area (Å²) in [5.41, 5.74) is 0. The van der Waals surface area contributed by atoms with Crippen LogP contribution in [0.25, 0.3) is 10.1 Å². The third kappa shape index (κ3) is 2.57. The average Bonchev–Trinajstić information content (AvgIpc) is 2.79. The van der Waals surface area contributed by atoms with Crippen molar-refractivity contribution in [1.29, 1.82) is 0 Å². The number of hydrogen-bond donors (Lipinski definition) is 0. The molecule has 1 heterocycles. The van der Waals surface area contributed by atoms with E-state index in [0.717, 1.165) is 10.2 Å². The van der Waals surface area contributed by atoms with Crippen molar-refractivity contribution >= 4 is 37.4 Å². The molecular weight excluding hydrogens is 308 g/mol. The van der Waals surface area contributed by atoms with E-state index in [1.165, 1.54) is 15.0 Å². The SMILES string of the molecule is Brc1cccc(OCc2cc3ccccc3s2)c1. The predicted molar refractivity (Wildman–Crippen MR) is 80.3 cm³/mol. The fourth-order valence-electron chi connectivity index (χ4n) is 1.82. The summed E-state index contributed by atoms with van der Waals surface area (Å²) in [5.74, 6) is 0.891. The molecule has 90 valence electrons. The van der Waals surface area contributed by atoms with E-state index in [4.69, 9.17) is 4.74 Å². The molecule has 0 N–H and O–H groups in total. The molecule has 3 rings (SSSR count). The molecule has 0 spiro atoms. The molecule has 0 atom stereocenters. The van der Waals surface area contributed by atoms with Gasteiger partial charge in [-0.2, -0.15) is 0 Å². The number of fused-ring (bicyclic) bond motifs is 1. The Labute approximate surface area is 118 Å².